The van der Waals surface area contributed by atoms with Gasteiger partial charge in [-0.3, -0.25) is 9.59 Å². The number of nitrogens with one attached hydrogen (secondary N) is 2. The molecule has 0 heterocycles. The van der Waals surface area contributed by atoms with Gasteiger partial charge in [-0.25, -0.2) is 4.79 Å². The molecule has 0 radical (unpaired) electrons. The maximum atomic E-state index is 12.4. The topological polar surface area (TPSA) is 93.7 Å². The third-order valence-electron chi connectivity index (χ3n) is 3.06. The Kier molecular flexibility index (Phi) is 8.09. The minimum Gasteiger partial charge on any atom is -0.462 e. The molecule has 2 amide bonds. The highest BCUT2D eigenvalue weighted by molar-refractivity contribution is 5.88. The van der Waals surface area contributed by atoms with E-state index in [9.17, 15) is 14.4 Å². The van der Waals surface area contributed by atoms with E-state index in [0.717, 1.165) is 5.56 Å². The Labute approximate surface area is 154 Å². The molecule has 1 aromatic carbocycles. The predicted octanol–water partition coefficient (Wildman–Crippen LogP) is 2.19. The van der Waals surface area contributed by atoms with E-state index in [1.54, 1.807) is 34.6 Å². The number of alkyl carbamates (subject to hydrolysis) is 1. The fourth-order valence-electron chi connectivity index (χ4n) is 2.10. The van der Waals surface area contributed by atoms with Crippen LogP contribution >= 0.6 is 0 Å². The Morgan fingerprint density at radius 2 is 1.69 bits per heavy atom. The number of benzene rings is 1. The van der Waals surface area contributed by atoms with E-state index in [1.165, 1.54) is 0 Å². The van der Waals surface area contributed by atoms with E-state index in [2.05, 4.69) is 10.6 Å². The highest BCUT2D eigenvalue weighted by Gasteiger charge is 2.25. The van der Waals surface area contributed by atoms with Gasteiger partial charge in [0.15, 0.2) is 0 Å². The number of amides is 2. The molecule has 0 aliphatic carbocycles. The van der Waals surface area contributed by atoms with Crippen molar-refractivity contribution >= 4 is 18.0 Å². The molecule has 7 nitrogen and oxygen atoms in total. The lowest BCUT2D eigenvalue weighted by atomic mass is 10.1. The minimum atomic E-state index is -0.876. The molecule has 0 bridgehead atoms. The van der Waals surface area contributed by atoms with E-state index in [0.29, 0.717) is 0 Å². The fourth-order valence-corrected chi connectivity index (χ4v) is 2.10. The van der Waals surface area contributed by atoms with E-state index >= 15 is 0 Å². The molecule has 144 valence electrons. The predicted molar refractivity (Wildman–Crippen MR) is 97.5 cm³/mol. The van der Waals surface area contributed by atoms with E-state index in [-0.39, 0.29) is 19.1 Å². The zero-order valence-corrected chi connectivity index (χ0v) is 16.0. The van der Waals surface area contributed by atoms with Crippen molar-refractivity contribution in [1.82, 2.24) is 10.6 Å². The van der Waals surface area contributed by atoms with Crippen LogP contribution in [0, 0.1) is 0 Å². The van der Waals surface area contributed by atoms with Gasteiger partial charge in [0.25, 0.3) is 0 Å². The van der Waals surface area contributed by atoms with Gasteiger partial charge in [-0.05, 0) is 40.2 Å². The van der Waals surface area contributed by atoms with Crippen LogP contribution < -0.4 is 10.6 Å². The highest BCUT2D eigenvalue weighted by Crippen LogP contribution is 2.08. The molecule has 0 spiro atoms. The first kappa shape index (κ1) is 21.5. The Morgan fingerprint density at radius 3 is 2.23 bits per heavy atom. The molecule has 2 N–H and O–H groups in total. The number of hydrogen-bond acceptors (Lipinski definition) is 5. The number of esters is 1. The zero-order valence-electron chi connectivity index (χ0n) is 16.0. The molecule has 1 rings (SSSR count). The van der Waals surface area contributed by atoms with Gasteiger partial charge in [0.05, 0.1) is 6.10 Å². The van der Waals surface area contributed by atoms with Crippen LogP contribution in [0.1, 0.15) is 40.2 Å². The van der Waals surface area contributed by atoms with Gasteiger partial charge in [-0.2, -0.15) is 0 Å². The Balaban J connectivity index is 2.74. The van der Waals surface area contributed by atoms with Crippen molar-refractivity contribution in [3.05, 3.63) is 35.9 Å². The van der Waals surface area contributed by atoms with Crippen LogP contribution in [0.4, 0.5) is 4.79 Å². The number of carbonyl (C=O) groups excluding carboxylic acids is 3. The van der Waals surface area contributed by atoms with Crippen molar-refractivity contribution in [3.63, 3.8) is 0 Å². The number of hydrogen-bond donors (Lipinski definition) is 2. The maximum Gasteiger partial charge on any atom is 0.408 e. The summed E-state index contributed by atoms with van der Waals surface area (Å²) in [5.41, 5.74) is 0.187. The molecule has 7 heteroatoms. The van der Waals surface area contributed by atoms with Gasteiger partial charge < -0.3 is 20.1 Å². The van der Waals surface area contributed by atoms with Crippen LogP contribution in [0.25, 0.3) is 0 Å². The molecule has 0 fully saturated rings. The molecule has 1 unspecified atom stereocenters. The highest BCUT2D eigenvalue weighted by atomic mass is 16.6. The number of carbonyl (C=O) groups is 3. The average Bonchev–Trinajstić information content (AvgIpc) is 2.50. The lowest BCUT2D eigenvalue weighted by Gasteiger charge is -2.23. The van der Waals surface area contributed by atoms with Gasteiger partial charge in [-0.1, -0.05) is 30.3 Å². The summed E-state index contributed by atoms with van der Waals surface area (Å²) >= 11 is 0. The van der Waals surface area contributed by atoms with E-state index in [4.69, 9.17) is 9.47 Å². The Hall–Kier alpha value is -2.57. The standard InChI is InChI=1S/C19H28N2O5/c1-13(2)25-16(22)12-20-17(23)15(11-14-9-7-6-8-10-14)21-18(24)26-19(3,4)5/h6-10,13,15H,11-12H2,1-5H3,(H,20,23)(H,21,24). The Bertz CT molecular complexity index is 608. The monoisotopic (exact) mass is 364 g/mol. The first-order valence-corrected chi connectivity index (χ1v) is 8.57. The first-order chi connectivity index (χ1) is 12.1. The summed E-state index contributed by atoms with van der Waals surface area (Å²) < 4.78 is 10.2. The van der Waals surface area contributed by atoms with Crippen LogP contribution in [-0.4, -0.2) is 42.3 Å². The van der Waals surface area contributed by atoms with Crippen molar-refractivity contribution in [2.45, 2.75) is 58.8 Å². The number of ether oxygens (including phenoxy) is 2. The molecule has 0 saturated carbocycles. The second-order valence-electron chi connectivity index (χ2n) is 7.14. The van der Waals surface area contributed by atoms with Gasteiger partial charge in [0.2, 0.25) is 5.91 Å². The molecule has 1 atom stereocenters. The smallest absolute Gasteiger partial charge is 0.408 e. The third-order valence-corrected chi connectivity index (χ3v) is 3.06. The second-order valence-corrected chi connectivity index (χ2v) is 7.14. The van der Waals surface area contributed by atoms with Gasteiger partial charge >= 0.3 is 12.1 Å². The summed E-state index contributed by atoms with van der Waals surface area (Å²) in [6.45, 7) is 8.39. The van der Waals surface area contributed by atoms with Gasteiger partial charge in [0, 0.05) is 6.42 Å². The van der Waals surface area contributed by atoms with Crippen molar-refractivity contribution in [2.24, 2.45) is 0 Å². The lowest BCUT2D eigenvalue weighted by molar-refractivity contribution is -0.147. The van der Waals surface area contributed by atoms with Crippen LogP contribution in [-0.2, 0) is 25.5 Å². The third kappa shape index (κ3) is 9.05. The summed E-state index contributed by atoms with van der Waals surface area (Å²) in [6, 6.07) is 8.38. The van der Waals surface area contributed by atoms with Crippen LogP contribution in [0.5, 0.6) is 0 Å². The first-order valence-electron chi connectivity index (χ1n) is 8.57. The Morgan fingerprint density at radius 1 is 1.08 bits per heavy atom. The van der Waals surface area contributed by atoms with Crippen molar-refractivity contribution in [2.75, 3.05) is 6.54 Å². The van der Waals surface area contributed by atoms with Gasteiger partial charge in [0.1, 0.15) is 18.2 Å². The van der Waals surface area contributed by atoms with E-state index in [1.807, 2.05) is 30.3 Å². The van der Waals surface area contributed by atoms with E-state index < -0.39 is 29.6 Å². The molecule has 26 heavy (non-hydrogen) atoms. The summed E-state index contributed by atoms with van der Waals surface area (Å²) in [7, 11) is 0. The maximum absolute atomic E-state index is 12.4. The normalized spacial score (nSPS) is 12.2. The molecule has 0 aliphatic rings. The molecule has 0 saturated heterocycles. The molecule has 1 aromatic rings. The van der Waals surface area contributed by atoms with Crippen LogP contribution in [0.3, 0.4) is 0 Å². The molecule has 0 aliphatic heterocycles. The van der Waals surface area contributed by atoms with Crippen LogP contribution in [0.15, 0.2) is 30.3 Å². The quantitative estimate of drug-likeness (QED) is 0.724. The van der Waals surface area contributed by atoms with Gasteiger partial charge in [-0.15, -0.1) is 0 Å². The largest absolute Gasteiger partial charge is 0.462 e. The summed E-state index contributed by atoms with van der Waals surface area (Å²) in [5, 5.41) is 5.05. The minimum absolute atomic E-state index is 0.264. The fraction of sp³-hybridized carbons (Fsp3) is 0.526. The van der Waals surface area contributed by atoms with Crippen molar-refractivity contribution < 1.29 is 23.9 Å². The molecule has 0 aromatic heterocycles. The summed E-state index contributed by atoms with van der Waals surface area (Å²) in [5.74, 6) is -1.02. The average molecular weight is 364 g/mol. The van der Waals surface area contributed by atoms with Crippen molar-refractivity contribution in [1.29, 1.82) is 0 Å². The SMILES string of the molecule is CC(C)OC(=O)CNC(=O)C(Cc1ccccc1)NC(=O)OC(C)(C)C. The lowest BCUT2D eigenvalue weighted by Crippen LogP contribution is -2.50. The molecular weight excluding hydrogens is 336 g/mol. The second kappa shape index (κ2) is 9.79. The summed E-state index contributed by atoms with van der Waals surface area (Å²) in [4.78, 5) is 36.1. The molecular formula is C19H28N2O5. The van der Waals surface area contributed by atoms with Crippen LogP contribution in [0.2, 0.25) is 0 Å². The van der Waals surface area contributed by atoms with Crippen molar-refractivity contribution in [3.8, 4) is 0 Å². The zero-order chi connectivity index (χ0) is 19.7. The summed E-state index contributed by atoms with van der Waals surface area (Å²) in [6.07, 6.45) is -0.691. The number of rotatable bonds is 7.